The highest BCUT2D eigenvalue weighted by Crippen LogP contribution is 1.94. The van der Waals surface area contributed by atoms with Gasteiger partial charge in [0.15, 0.2) is 0 Å². The first-order valence-electron chi connectivity index (χ1n) is 3.55. The van der Waals surface area contributed by atoms with Gasteiger partial charge in [-0.25, -0.2) is 8.42 Å². The number of hydrogen-bond acceptors (Lipinski definition) is 2. The van der Waals surface area contributed by atoms with Crippen molar-refractivity contribution >= 4 is 15.4 Å². The fraction of sp³-hybridized carbons (Fsp3) is 0.571. The van der Waals surface area contributed by atoms with Gasteiger partial charge in [-0.3, -0.25) is 0 Å². The van der Waals surface area contributed by atoms with Crippen molar-refractivity contribution in [1.29, 1.82) is 0 Å². The Morgan fingerprint density at radius 3 is 2.50 bits per heavy atom. The van der Waals surface area contributed by atoms with Crippen molar-refractivity contribution < 1.29 is 13.2 Å². The van der Waals surface area contributed by atoms with Crippen molar-refractivity contribution in [3.63, 3.8) is 0 Å². The lowest BCUT2D eigenvalue weighted by Gasteiger charge is -1.91. The molecule has 0 aliphatic rings. The summed E-state index contributed by atoms with van der Waals surface area (Å²) in [5.74, 6) is 0.209. The van der Waals surface area contributed by atoms with Gasteiger partial charge in [0.25, 0.3) is 0 Å². The largest absolute Gasteiger partial charge is 0.370 e. The molecule has 0 aromatic carbocycles. The molecule has 0 aliphatic carbocycles. The van der Waals surface area contributed by atoms with Gasteiger partial charge in [0.05, 0.1) is 5.75 Å². The normalized spacial score (nSPS) is 11.9. The van der Waals surface area contributed by atoms with Crippen molar-refractivity contribution in [1.82, 2.24) is 0 Å². The van der Waals surface area contributed by atoms with Crippen LogP contribution in [0.1, 0.15) is 13.8 Å². The zero-order valence-corrected chi connectivity index (χ0v) is 7.95. The van der Waals surface area contributed by atoms with E-state index in [0.29, 0.717) is 11.5 Å². The van der Waals surface area contributed by atoms with Crippen LogP contribution in [0.25, 0.3) is 5.53 Å². The lowest BCUT2D eigenvalue weighted by molar-refractivity contribution is 0.00756. The van der Waals surface area contributed by atoms with Gasteiger partial charge >= 0.3 is 5.55 Å². The summed E-state index contributed by atoms with van der Waals surface area (Å²) in [6, 6.07) is 0. The van der Waals surface area contributed by atoms with Crippen LogP contribution in [0.3, 0.4) is 0 Å². The minimum Gasteiger partial charge on any atom is -0.361 e. The quantitative estimate of drug-likeness (QED) is 0.216. The van der Waals surface area contributed by atoms with Crippen LogP contribution in [-0.2, 0) is 9.84 Å². The molecule has 0 saturated heterocycles. The summed E-state index contributed by atoms with van der Waals surface area (Å²) in [7, 11) is -3.36. The van der Waals surface area contributed by atoms with Crippen LogP contribution in [0, 0.1) is 5.92 Å². The van der Waals surface area contributed by atoms with Gasteiger partial charge in [0.1, 0.15) is 0 Å². The molecule has 0 N–H and O–H groups in total. The molecule has 0 rings (SSSR count). The highest BCUT2D eigenvalue weighted by molar-refractivity contribution is 8.04. The zero-order valence-electron chi connectivity index (χ0n) is 7.14. The van der Waals surface area contributed by atoms with Gasteiger partial charge in [-0.1, -0.05) is 26.0 Å². The second-order valence-electron chi connectivity index (χ2n) is 2.72. The molecule has 0 bridgehead atoms. The predicted octanol–water partition coefficient (Wildman–Crippen LogP) is 0.872. The molecule has 68 valence electrons. The third kappa shape index (κ3) is 5.82. The standard InChI is InChI=1S/C7H12N2O2S/c1-7(2)4-3-5-12(10,11)6-9-8/h3-4,6-7H,5H2,1-2H3. The summed E-state index contributed by atoms with van der Waals surface area (Å²) in [6.07, 6.45) is 3.32. The number of allylic oxidation sites excluding steroid dienone is 1. The van der Waals surface area contributed by atoms with E-state index in [1.807, 2.05) is 13.8 Å². The highest BCUT2D eigenvalue weighted by Gasteiger charge is 2.08. The monoisotopic (exact) mass is 188 g/mol. The lowest BCUT2D eigenvalue weighted by atomic mass is 10.2. The maximum Gasteiger partial charge on any atom is 0.370 e. The summed E-state index contributed by atoms with van der Waals surface area (Å²) in [6.45, 7) is 3.90. The topological polar surface area (TPSA) is 70.5 Å². The second kappa shape index (κ2) is 4.85. The van der Waals surface area contributed by atoms with Crippen molar-refractivity contribution in [2.45, 2.75) is 13.8 Å². The first-order chi connectivity index (χ1) is 5.48. The molecule has 0 fully saturated rings. The van der Waals surface area contributed by atoms with Crippen molar-refractivity contribution in [3.05, 3.63) is 17.7 Å². The maximum absolute atomic E-state index is 10.9. The SMILES string of the molecule is CC(C)C=CCS(=O)(=O)C=[N+]=[N-]. The maximum atomic E-state index is 10.9. The summed E-state index contributed by atoms with van der Waals surface area (Å²) >= 11 is 0. The van der Waals surface area contributed by atoms with Gasteiger partial charge < -0.3 is 5.53 Å². The Balaban J connectivity index is 4.20. The van der Waals surface area contributed by atoms with Crippen LogP contribution in [0.15, 0.2) is 12.2 Å². The van der Waals surface area contributed by atoms with E-state index in [4.69, 9.17) is 5.53 Å². The van der Waals surface area contributed by atoms with Gasteiger partial charge in [-0.05, 0) is 5.92 Å². The Morgan fingerprint density at radius 2 is 2.08 bits per heavy atom. The summed E-state index contributed by atoms with van der Waals surface area (Å²) in [5, 5.41) is 0. The van der Waals surface area contributed by atoms with Crippen LogP contribution >= 0.6 is 0 Å². The van der Waals surface area contributed by atoms with Gasteiger partial charge in [0, 0.05) is 0 Å². The molecule has 0 aliphatic heterocycles. The average molecular weight is 188 g/mol. The highest BCUT2D eigenvalue weighted by atomic mass is 32.2. The summed E-state index contributed by atoms with van der Waals surface area (Å²) in [4.78, 5) is 2.46. The van der Waals surface area contributed by atoms with Crippen LogP contribution in [-0.4, -0.2) is 24.5 Å². The molecule has 0 aromatic heterocycles. The van der Waals surface area contributed by atoms with Crippen LogP contribution in [0.2, 0.25) is 0 Å². The summed E-state index contributed by atoms with van der Waals surface area (Å²) in [5.41, 5.74) is 8.52. The van der Waals surface area contributed by atoms with E-state index in [0.717, 1.165) is 0 Å². The van der Waals surface area contributed by atoms with E-state index in [1.54, 1.807) is 12.2 Å². The van der Waals surface area contributed by atoms with Gasteiger partial charge in [-0.2, -0.15) is 4.79 Å². The molecular weight excluding hydrogens is 176 g/mol. The molecule has 0 aromatic rings. The van der Waals surface area contributed by atoms with Crippen molar-refractivity contribution in [3.8, 4) is 0 Å². The number of nitrogens with zero attached hydrogens (tertiary/aromatic N) is 2. The fourth-order valence-electron chi connectivity index (χ4n) is 0.577. The van der Waals surface area contributed by atoms with E-state index < -0.39 is 9.84 Å². The van der Waals surface area contributed by atoms with Crippen molar-refractivity contribution in [2.24, 2.45) is 5.92 Å². The minimum atomic E-state index is -3.36. The van der Waals surface area contributed by atoms with Crippen molar-refractivity contribution in [2.75, 3.05) is 5.75 Å². The smallest absolute Gasteiger partial charge is 0.361 e. The molecule has 0 saturated carbocycles. The molecule has 0 heterocycles. The minimum absolute atomic E-state index is 0.116. The fourth-order valence-corrected chi connectivity index (χ4v) is 1.19. The molecular formula is C7H12N2O2S. The summed E-state index contributed by atoms with van der Waals surface area (Å²) < 4.78 is 21.7. The number of rotatable bonds is 4. The lowest BCUT2D eigenvalue weighted by Crippen LogP contribution is -2.05. The molecule has 0 atom stereocenters. The number of hydrogen-bond donors (Lipinski definition) is 0. The molecule has 5 heteroatoms. The molecule has 0 spiro atoms. The Morgan fingerprint density at radius 1 is 1.50 bits per heavy atom. The Labute approximate surface area is 72.4 Å². The predicted molar refractivity (Wildman–Crippen MR) is 47.4 cm³/mol. The second-order valence-corrected chi connectivity index (χ2v) is 4.59. The third-order valence-corrected chi connectivity index (χ3v) is 2.13. The van der Waals surface area contributed by atoms with E-state index in [1.165, 1.54) is 0 Å². The van der Waals surface area contributed by atoms with Crippen LogP contribution in [0.4, 0.5) is 0 Å². The van der Waals surface area contributed by atoms with Gasteiger partial charge in [-0.15, -0.1) is 0 Å². The Hall–Kier alpha value is -0.930. The number of sulfone groups is 1. The van der Waals surface area contributed by atoms with E-state index in [9.17, 15) is 8.42 Å². The zero-order chi connectivity index (χ0) is 9.61. The van der Waals surface area contributed by atoms with E-state index >= 15 is 0 Å². The molecule has 0 unspecified atom stereocenters. The molecule has 0 amide bonds. The third-order valence-electron chi connectivity index (χ3n) is 1.06. The van der Waals surface area contributed by atoms with Crippen LogP contribution in [0.5, 0.6) is 0 Å². The first kappa shape index (κ1) is 11.1. The van der Waals surface area contributed by atoms with E-state index in [2.05, 4.69) is 4.79 Å². The Kier molecular flexibility index (Phi) is 4.47. The van der Waals surface area contributed by atoms with Crippen LogP contribution < -0.4 is 0 Å². The Bertz CT molecular complexity index is 297. The molecule has 12 heavy (non-hydrogen) atoms. The van der Waals surface area contributed by atoms with Gasteiger partial charge in [0.2, 0.25) is 9.84 Å². The first-order valence-corrected chi connectivity index (χ1v) is 5.26. The molecule has 0 radical (unpaired) electrons. The molecule has 4 nitrogen and oxygen atoms in total. The average Bonchev–Trinajstić information content (AvgIpc) is 1.85. The van der Waals surface area contributed by atoms with E-state index in [-0.39, 0.29) is 5.75 Å².